The van der Waals surface area contributed by atoms with Crippen LogP contribution in [0.4, 0.5) is 17.1 Å². The van der Waals surface area contributed by atoms with Gasteiger partial charge in [0.05, 0.1) is 5.69 Å². The van der Waals surface area contributed by atoms with Gasteiger partial charge >= 0.3 is 0 Å². The Hall–Kier alpha value is -6.64. The molecular formula is C52H37NO. The van der Waals surface area contributed by atoms with Gasteiger partial charge in [0, 0.05) is 44.6 Å². The van der Waals surface area contributed by atoms with Crippen molar-refractivity contribution < 1.29 is 4.42 Å². The first-order valence-corrected chi connectivity index (χ1v) is 18.9. The van der Waals surface area contributed by atoms with Gasteiger partial charge in [-0.05, 0) is 100 Å². The summed E-state index contributed by atoms with van der Waals surface area (Å²) in [4.78, 5) is 2.46. The van der Waals surface area contributed by atoms with Gasteiger partial charge in [0.25, 0.3) is 0 Å². The molecule has 11 rings (SSSR count). The van der Waals surface area contributed by atoms with Gasteiger partial charge in [-0.1, -0.05) is 146 Å². The van der Waals surface area contributed by atoms with Crippen molar-refractivity contribution in [2.75, 3.05) is 4.90 Å². The van der Waals surface area contributed by atoms with Crippen LogP contribution in [0.25, 0.3) is 44.2 Å². The Bertz CT molecular complexity index is 2920. The summed E-state index contributed by atoms with van der Waals surface area (Å²) >= 11 is 0. The standard InChI is InChI=1S/C52H37NO/c1-51(34-16-5-3-6-17-34)43-23-12-9-20-38(43)42-32-36(29-31-45(42)51)53(37-28-30-40-39-21-11-14-27-48(39)54-49(40)33-37)47-26-15-25-46-50(47)41-22-10-13-24-44(41)52(46,2)35-18-7-4-8-19-35/h3-33H,1-2H3. The van der Waals surface area contributed by atoms with E-state index in [1.54, 1.807) is 0 Å². The van der Waals surface area contributed by atoms with E-state index in [1.807, 2.05) is 6.07 Å². The predicted molar refractivity (Wildman–Crippen MR) is 223 cm³/mol. The molecule has 0 aliphatic heterocycles. The highest BCUT2D eigenvalue weighted by Crippen LogP contribution is 2.58. The van der Waals surface area contributed by atoms with Crippen LogP contribution >= 0.6 is 0 Å². The molecule has 2 unspecified atom stereocenters. The van der Waals surface area contributed by atoms with E-state index in [0.717, 1.165) is 39.0 Å². The molecule has 1 aromatic heterocycles. The van der Waals surface area contributed by atoms with E-state index in [0.29, 0.717) is 0 Å². The summed E-state index contributed by atoms with van der Waals surface area (Å²) in [5, 5.41) is 2.25. The number of rotatable bonds is 5. The van der Waals surface area contributed by atoms with Crippen molar-refractivity contribution in [3.05, 3.63) is 221 Å². The van der Waals surface area contributed by atoms with Crippen LogP contribution in [0.1, 0.15) is 47.2 Å². The minimum Gasteiger partial charge on any atom is -0.456 e. The van der Waals surface area contributed by atoms with E-state index >= 15 is 0 Å². The molecule has 2 atom stereocenters. The van der Waals surface area contributed by atoms with Crippen LogP contribution in [0.2, 0.25) is 0 Å². The Morgan fingerprint density at radius 1 is 0.389 bits per heavy atom. The van der Waals surface area contributed by atoms with Crippen LogP contribution in [0, 0.1) is 0 Å². The maximum Gasteiger partial charge on any atom is 0.137 e. The van der Waals surface area contributed by atoms with Gasteiger partial charge in [-0.15, -0.1) is 0 Å². The number of benzene rings is 8. The quantitative estimate of drug-likeness (QED) is 0.179. The second-order valence-electron chi connectivity index (χ2n) is 15.1. The topological polar surface area (TPSA) is 16.4 Å². The summed E-state index contributed by atoms with van der Waals surface area (Å²) in [6, 6.07) is 68.8. The summed E-state index contributed by atoms with van der Waals surface area (Å²) in [6.45, 7) is 4.77. The molecule has 1 heterocycles. The normalized spacial score (nSPS) is 18.0. The maximum atomic E-state index is 6.52. The zero-order chi connectivity index (χ0) is 36.0. The highest BCUT2D eigenvalue weighted by Gasteiger charge is 2.43. The molecule has 2 nitrogen and oxygen atoms in total. The molecule has 0 radical (unpaired) electrons. The van der Waals surface area contributed by atoms with E-state index in [4.69, 9.17) is 4.42 Å². The number of hydrogen-bond acceptors (Lipinski definition) is 2. The van der Waals surface area contributed by atoms with E-state index in [-0.39, 0.29) is 10.8 Å². The highest BCUT2D eigenvalue weighted by molar-refractivity contribution is 6.07. The van der Waals surface area contributed by atoms with E-state index in [2.05, 4.69) is 201 Å². The number of fused-ring (bicyclic) bond motifs is 9. The van der Waals surface area contributed by atoms with Gasteiger partial charge in [-0.2, -0.15) is 0 Å². The average Bonchev–Trinajstić information content (AvgIpc) is 3.83. The first kappa shape index (κ1) is 30.9. The third-order valence-electron chi connectivity index (χ3n) is 12.4. The minimum atomic E-state index is -0.314. The molecule has 0 N–H and O–H groups in total. The van der Waals surface area contributed by atoms with E-state index < -0.39 is 0 Å². The lowest BCUT2D eigenvalue weighted by Gasteiger charge is -2.31. The Morgan fingerprint density at radius 3 is 1.69 bits per heavy atom. The summed E-state index contributed by atoms with van der Waals surface area (Å²) in [5.74, 6) is 0. The van der Waals surface area contributed by atoms with Gasteiger partial charge in [-0.25, -0.2) is 0 Å². The van der Waals surface area contributed by atoms with Crippen molar-refractivity contribution in [2.24, 2.45) is 0 Å². The molecule has 0 saturated carbocycles. The molecule has 9 aromatic rings. The Morgan fingerprint density at radius 2 is 0.926 bits per heavy atom. The number of para-hydroxylation sites is 1. The van der Waals surface area contributed by atoms with Crippen molar-refractivity contribution in [1.29, 1.82) is 0 Å². The lowest BCUT2D eigenvalue weighted by Crippen LogP contribution is -2.22. The van der Waals surface area contributed by atoms with E-state index in [1.165, 1.54) is 55.6 Å². The third kappa shape index (κ3) is 4.17. The first-order chi connectivity index (χ1) is 26.5. The molecule has 2 aliphatic rings. The van der Waals surface area contributed by atoms with Crippen LogP contribution in [0.3, 0.4) is 0 Å². The SMILES string of the molecule is CC1(c2ccccc2)c2ccccc2-c2cc(N(c3ccc4c(c3)oc3ccccc34)c3cccc4c3-c3ccccc3C4(C)c3ccccc3)ccc21. The van der Waals surface area contributed by atoms with E-state index in [9.17, 15) is 0 Å². The van der Waals surface area contributed by atoms with Crippen LogP contribution in [-0.2, 0) is 10.8 Å². The molecule has 256 valence electrons. The summed E-state index contributed by atoms with van der Waals surface area (Å²) < 4.78 is 6.52. The fraction of sp³-hybridized carbons (Fsp3) is 0.0769. The molecule has 8 aromatic carbocycles. The van der Waals surface area contributed by atoms with Crippen molar-refractivity contribution in [2.45, 2.75) is 24.7 Å². The molecule has 2 aliphatic carbocycles. The van der Waals surface area contributed by atoms with Gasteiger partial charge < -0.3 is 9.32 Å². The average molecular weight is 692 g/mol. The summed E-state index contributed by atoms with van der Waals surface area (Å²) in [7, 11) is 0. The summed E-state index contributed by atoms with van der Waals surface area (Å²) in [5.41, 5.74) is 17.5. The van der Waals surface area contributed by atoms with Crippen LogP contribution < -0.4 is 4.90 Å². The van der Waals surface area contributed by atoms with Crippen molar-refractivity contribution in [1.82, 2.24) is 0 Å². The largest absolute Gasteiger partial charge is 0.456 e. The van der Waals surface area contributed by atoms with Crippen molar-refractivity contribution in [3.8, 4) is 22.3 Å². The lowest BCUT2D eigenvalue weighted by atomic mass is 9.74. The Kier molecular flexibility index (Phi) is 6.55. The second-order valence-corrected chi connectivity index (χ2v) is 15.1. The predicted octanol–water partition coefficient (Wildman–Crippen LogP) is 13.7. The zero-order valence-corrected chi connectivity index (χ0v) is 30.3. The molecule has 54 heavy (non-hydrogen) atoms. The van der Waals surface area contributed by atoms with Crippen LogP contribution in [0.15, 0.2) is 192 Å². The number of nitrogens with zero attached hydrogens (tertiary/aromatic N) is 1. The van der Waals surface area contributed by atoms with Gasteiger partial charge in [0.1, 0.15) is 11.2 Å². The Labute approximate surface area is 315 Å². The highest BCUT2D eigenvalue weighted by atomic mass is 16.3. The number of anilines is 3. The third-order valence-corrected chi connectivity index (χ3v) is 12.4. The van der Waals surface area contributed by atoms with Gasteiger partial charge in [0.15, 0.2) is 0 Å². The van der Waals surface area contributed by atoms with Crippen molar-refractivity contribution >= 4 is 39.0 Å². The molecule has 0 saturated heterocycles. The number of hydrogen-bond donors (Lipinski definition) is 0. The molecule has 0 fully saturated rings. The lowest BCUT2D eigenvalue weighted by molar-refractivity contribution is 0.669. The smallest absolute Gasteiger partial charge is 0.137 e. The number of furan rings is 1. The minimum absolute atomic E-state index is 0.270. The van der Waals surface area contributed by atoms with Gasteiger partial charge in [-0.3, -0.25) is 0 Å². The molecule has 0 bridgehead atoms. The molecular weight excluding hydrogens is 655 g/mol. The Balaban J connectivity index is 1.19. The first-order valence-electron chi connectivity index (χ1n) is 18.9. The van der Waals surface area contributed by atoms with Crippen molar-refractivity contribution in [3.63, 3.8) is 0 Å². The molecule has 2 heteroatoms. The van der Waals surface area contributed by atoms with Crippen LogP contribution in [-0.4, -0.2) is 0 Å². The van der Waals surface area contributed by atoms with Gasteiger partial charge in [0.2, 0.25) is 0 Å². The fourth-order valence-corrected chi connectivity index (χ4v) is 9.78. The monoisotopic (exact) mass is 691 g/mol. The van der Waals surface area contributed by atoms with Crippen LogP contribution in [0.5, 0.6) is 0 Å². The molecule has 0 amide bonds. The fourth-order valence-electron chi connectivity index (χ4n) is 9.78. The second kappa shape index (κ2) is 11.4. The molecule has 0 spiro atoms. The zero-order valence-electron chi connectivity index (χ0n) is 30.3. The maximum absolute atomic E-state index is 6.52. The summed E-state index contributed by atoms with van der Waals surface area (Å²) in [6.07, 6.45) is 0.